The van der Waals surface area contributed by atoms with E-state index < -0.39 is 0 Å². The molecule has 2 heterocycles. The van der Waals surface area contributed by atoms with Crippen molar-refractivity contribution in [2.45, 2.75) is 58.8 Å². The SMILES string of the molecule is CC[C@@H](C)Nc1[nH+]c2c(cc1C#N)COC(C)(C)C2. The molecule has 0 saturated carbocycles. The molecular weight excluding hydrogens is 238 g/mol. The van der Waals surface area contributed by atoms with Crippen LogP contribution < -0.4 is 10.3 Å². The minimum Gasteiger partial charge on any atom is -0.370 e. The van der Waals surface area contributed by atoms with E-state index in [-0.39, 0.29) is 5.60 Å². The number of nitriles is 1. The zero-order valence-corrected chi connectivity index (χ0v) is 12.1. The Kier molecular flexibility index (Phi) is 3.77. The third-order valence-corrected chi connectivity index (χ3v) is 3.60. The van der Waals surface area contributed by atoms with Crippen LogP contribution in [0.4, 0.5) is 5.82 Å². The highest BCUT2D eigenvalue weighted by Gasteiger charge is 2.30. The molecule has 19 heavy (non-hydrogen) atoms. The van der Waals surface area contributed by atoms with Gasteiger partial charge < -0.3 is 4.74 Å². The summed E-state index contributed by atoms with van der Waals surface area (Å²) in [5.41, 5.74) is 2.76. The van der Waals surface area contributed by atoms with Crippen molar-refractivity contribution in [1.82, 2.24) is 0 Å². The summed E-state index contributed by atoms with van der Waals surface area (Å²) < 4.78 is 5.78. The van der Waals surface area contributed by atoms with Gasteiger partial charge in [-0.3, -0.25) is 5.32 Å². The Morgan fingerprint density at radius 2 is 2.32 bits per heavy atom. The number of hydrogen-bond donors (Lipinski definition) is 1. The van der Waals surface area contributed by atoms with Gasteiger partial charge in [0.15, 0.2) is 0 Å². The number of rotatable bonds is 3. The predicted octanol–water partition coefficient (Wildman–Crippen LogP) is 2.43. The Labute approximate surface area is 114 Å². The maximum absolute atomic E-state index is 9.26. The topological polar surface area (TPSA) is 59.2 Å². The van der Waals surface area contributed by atoms with Gasteiger partial charge in [-0.15, -0.1) is 0 Å². The number of aromatic amines is 1. The van der Waals surface area contributed by atoms with Crippen LogP contribution in [-0.4, -0.2) is 11.6 Å². The molecule has 4 nitrogen and oxygen atoms in total. The molecule has 1 atom stereocenters. The van der Waals surface area contributed by atoms with Gasteiger partial charge in [0.05, 0.1) is 18.2 Å². The Morgan fingerprint density at radius 3 is 2.95 bits per heavy atom. The fraction of sp³-hybridized carbons (Fsp3) is 0.600. The van der Waals surface area contributed by atoms with E-state index in [2.05, 4.69) is 44.1 Å². The van der Waals surface area contributed by atoms with Crippen LogP contribution in [0.3, 0.4) is 0 Å². The van der Waals surface area contributed by atoms with Gasteiger partial charge in [0.1, 0.15) is 17.3 Å². The minimum atomic E-state index is -0.148. The van der Waals surface area contributed by atoms with Crippen molar-refractivity contribution in [1.29, 1.82) is 5.26 Å². The Bertz CT molecular complexity index is 517. The Morgan fingerprint density at radius 1 is 1.58 bits per heavy atom. The van der Waals surface area contributed by atoms with E-state index in [4.69, 9.17) is 4.74 Å². The molecule has 102 valence electrons. The van der Waals surface area contributed by atoms with Crippen LogP contribution in [0.25, 0.3) is 0 Å². The van der Waals surface area contributed by atoms with Crippen molar-refractivity contribution >= 4 is 5.82 Å². The standard InChI is InChI=1S/C15H21N3O/c1-5-10(2)17-14-11(8-16)6-12-9-19-15(3,4)7-13(12)18-14/h6,10H,5,7,9H2,1-4H3,(H,17,18)/p+1/t10-/m1/s1. The summed E-state index contributed by atoms with van der Waals surface area (Å²) >= 11 is 0. The quantitative estimate of drug-likeness (QED) is 0.908. The third kappa shape index (κ3) is 3.05. The van der Waals surface area contributed by atoms with Crippen LogP contribution >= 0.6 is 0 Å². The molecule has 1 aliphatic rings. The highest BCUT2D eigenvalue weighted by molar-refractivity contribution is 5.50. The maximum Gasteiger partial charge on any atom is 0.290 e. The second kappa shape index (κ2) is 5.18. The van der Waals surface area contributed by atoms with Gasteiger partial charge in [-0.25, -0.2) is 4.98 Å². The molecular formula is C15H22N3O+. The molecule has 0 amide bonds. The first-order valence-corrected chi connectivity index (χ1v) is 6.84. The number of hydrogen-bond acceptors (Lipinski definition) is 3. The second-order valence-corrected chi connectivity index (χ2v) is 5.85. The number of H-pyrrole nitrogens is 1. The molecule has 0 saturated heterocycles. The largest absolute Gasteiger partial charge is 0.370 e. The molecule has 0 fully saturated rings. The molecule has 1 aromatic rings. The molecule has 0 unspecified atom stereocenters. The molecule has 4 heteroatoms. The average molecular weight is 260 g/mol. The lowest BCUT2D eigenvalue weighted by Crippen LogP contribution is -2.37. The van der Waals surface area contributed by atoms with Crippen LogP contribution in [0.2, 0.25) is 0 Å². The van der Waals surface area contributed by atoms with E-state index in [1.54, 1.807) is 0 Å². The lowest BCUT2D eigenvalue weighted by Gasteiger charge is -2.30. The average Bonchev–Trinajstić information content (AvgIpc) is 2.36. The fourth-order valence-corrected chi connectivity index (χ4v) is 2.22. The van der Waals surface area contributed by atoms with Crippen molar-refractivity contribution in [3.8, 4) is 6.07 Å². The Hall–Kier alpha value is -1.60. The summed E-state index contributed by atoms with van der Waals surface area (Å²) in [6.45, 7) is 8.98. The minimum absolute atomic E-state index is 0.148. The fourth-order valence-electron chi connectivity index (χ4n) is 2.22. The summed E-state index contributed by atoms with van der Waals surface area (Å²) in [5, 5.41) is 12.6. The summed E-state index contributed by atoms with van der Waals surface area (Å²) in [6, 6.07) is 4.52. The third-order valence-electron chi connectivity index (χ3n) is 3.60. The molecule has 0 radical (unpaired) electrons. The van der Waals surface area contributed by atoms with Crippen molar-refractivity contribution in [3.05, 3.63) is 22.9 Å². The highest BCUT2D eigenvalue weighted by Crippen LogP contribution is 2.27. The van der Waals surface area contributed by atoms with Gasteiger partial charge >= 0.3 is 0 Å². The number of pyridine rings is 1. The van der Waals surface area contributed by atoms with E-state index in [9.17, 15) is 5.26 Å². The maximum atomic E-state index is 9.26. The Balaban J connectivity index is 2.37. The van der Waals surface area contributed by atoms with Crippen LogP contribution in [0.15, 0.2) is 6.07 Å². The lowest BCUT2D eigenvalue weighted by atomic mass is 9.95. The first-order chi connectivity index (χ1) is 8.95. The van der Waals surface area contributed by atoms with Crippen molar-refractivity contribution < 1.29 is 9.72 Å². The normalized spacial score (nSPS) is 18.3. The molecule has 2 rings (SSSR count). The van der Waals surface area contributed by atoms with E-state index in [1.807, 2.05) is 6.07 Å². The van der Waals surface area contributed by atoms with Gasteiger partial charge in [-0.1, -0.05) is 6.92 Å². The van der Waals surface area contributed by atoms with Gasteiger partial charge in [0, 0.05) is 12.0 Å². The van der Waals surface area contributed by atoms with E-state index in [0.29, 0.717) is 18.2 Å². The van der Waals surface area contributed by atoms with Crippen molar-refractivity contribution in [3.63, 3.8) is 0 Å². The van der Waals surface area contributed by atoms with Gasteiger partial charge in [0.2, 0.25) is 0 Å². The number of nitrogens with one attached hydrogen (secondary N) is 2. The summed E-state index contributed by atoms with van der Waals surface area (Å²) in [4.78, 5) is 3.39. The van der Waals surface area contributed by atoms with Crippen LogP contribution in [0, 0.1) is 11.3 Å². The van der Waals surface area contributed by atoms with E-state index >= 15 is 0 Å². The molecule has 1 aliphatic heterocycles. The molecule has 1 aromatic heterocycles. The number of aromatic nitrogens is 1. The molecule has 2 N–H and O–H groups in total. The van der Waals surface area contributed by atoms with Crippen LogP contribution in [-0.2, 0) is 17.8 Å². The second-order valence-electron chi connectivity index (χ2n) is 5.85. The van der Waals surface area contributed by atoms with Crippen molar-refractivity contribution in [2.24, 2.45) is 0 Å². The molecule has 0 aromatic carbocycles. The van der Waals surface area contributed by atoms with Gasteiger partial charge in [-0.2, -0.15) is 5.26 Å². The smallest absolute Gasteiger partial charge is 0.290 e. The zero-order valence-electron chi connectivity index (χ0n) is 12.1. The number of ether oxygens (including phenoxy) is 1. The van der Waals surface area contributed by atoms with Gasteiger partial charge in [-0.05, 0) is 33.3 Å². The zero-order chi connectivity index (χ0) is 14.0. The molecule has 0 bridgehead atoms. The van der Waals surface area contributed by atoms with Crippen molar-refractivity contribution in [2.75, 3.05) is 5.32 Å². The molecule has 0 spiro atoms. The van der Waals surface area contributed by atoms with Gasteiger partial charge in [0.25, 0.3) is 5.82 Å². The summed E-state index contributed by atoms with van der Waals surface area (Å²) in [6.07, 6.45) is 1.85. The highest BCUT2D eigenvalue weighted by atomic mass is 16.5. The summed E-state index contributed by atoms with van der Waals surface area (Å²) in [7, 11) is 0. The number of anilines is 1. The summed E-state index contributed by atoms with van der Waals surface area (Å²) in [5.74, 6) is 0.827. The molecule has 0 aliphatic carbocycles. The van der Waals surface area contributed by atoms with Crippen LogP contribution in [0.5, 0.6) is 0 Å². The van der Waals surface area contributed by atoms with E-state index in [0.717, 1.165) is 24.2 Å². The first-order valence-electron chi connectivity index (χ1n) is 6.84. The lowest BCUT2D eigenvalue weighted by molar-refractivity contribution is -0.381. The number of fused-ring (bicyclic) bond motifs is 1. The number of nitrogens with zero attached hydrogens (tertiary/aromatic N) is 1. The monoisotopic (exact) mass is 260 g/mol. The first kappa shape index (κ1) is 13.8. The van der Waals surface area contributed by atoms with Crippen LogP contribution in [0.1, 0.15) is 50.9 Å². The predicted molar refractivity (Wildman–Crippen MR) is 73.7 cm³/mol. The van der Waals surface area contributed by atoms with E-state index in [1.165, 1.54) is 5.69 Å².